The van der Waals surface area contributed by atoms with Crippen molar-refractivity contribution in [2.75, 3.05) is 0 Å². The predicted octanol–water partition coefficient (Wildman–Crippen LogP) is 3.98. The number of halogens is 2. The Labute approximate surface area is 130 Å². The van der Waals surface area contributed by atoms with Gasteiger partial charge in [0.25, 0.3) is 0 Å². The molecule has 0 unspecified atom stereocenters. The van der Waals surface area contributed by atoms with Crippen LogP contribution in [0, 0.1) is 11.6 Å². The molecule has 0 aliphatic heterocycles. The molecule has 0 atom stereocenters. The van der Waals surface area contributed by atoms with Gasteiger partial charge in [-0.25, -0.2) is 13.6 Å². The molecule has 0 spiro atoms. The summed E-state index contributed by atoms with van der Waals surface area (Å²) >= 11 is 0. The van der Waals surface area contributed by atoms with Gasteiger partial charge in [0, 0.05) is 11.6 Å². The summed E-state index contributed by atoms with van der Waals surface area (Å²) in [5.74, 6) is -2.35. The van der Waals surface area contributed by atoms with Gasteiger partial charge in [0.2, 0.25) is 0 Å². The molecule has 0 amide bonds. The van der Waals surface area contributed by atoms with E-state index >= 15 is 0 Å². The van der Waals surface area contributed by atoms with Crippen molar-refractivity contribution in [3.05, 3.63) is 77.5 Å². The number of hydrogen-bond donors (Lipinski definition) is 0. The van der Waals surface area contributed by atoms with Crippen LogP contribution in [0.1, 0.15) is 16.1 Å². The van der Waals surface area contributed by atoms with Crippen molar-refractivity contribution in [3.63, 3.8) is 0 Å². The Morgan fingerprint density at radius 3 is 2.57 bits per heavy atom. The molecule has 0 saturated heterocycles. The van der Waals surface area contributed by atoms with Gasteiger partial charge in [-0.2, -0.15) is 0 Å². The fraction of sp³-hybridized carbons (Fsp3) is 0.0588. The first-order valence-corrected chi connectivity index (χ1v) is 6.76. The van der Waals surface area contributed by atoms with E-state index in [1.165, 1.54) is 0 Å². The highest BCUT2D eigenvalue weighted by Gasteiger charge is 2.13. The molecule has 0 saturated carbocycles. The maximum Gasteiger partial charge on any atom is 0.338 e. The van der Waals surface area contributed by atoms with Crippen LogP contribution in [0.2, 0.25) is 0 Å². The monoisotopic (exact) mass is 315 g/mol. The lowest BCUT2D eigenvalue weighted by Gasteiger charge is -2.02. The molecule has 0 aliphatic carbocycles. The molecule has 0 fully saturated rings. The second-order valence-corrected chi connectivity index (χ2v) is 4.75. The van der Waals surface area contributed by atoms with Crippen molar-refractivity contribution < 1.29 is 22.8 Å². The highest BCUT2D eigenvalue weighted by molar-refractivity contribution is 5.89. The molecule has 6 heteroatoms. The van der Waals surface area contributed by atoms with E-state index in [1.54, 1.807) is 6.07 Å². The lowest BCUT2D eigenvalue weighted by molar-refractivity contribution is 0.0463. The van der Waals surface area contributed by atoms with Crippen LogP contribution in [0.3, 0.4) is 0 Å². The molecule has 23 heavy (non-hydrogen) atoms. The van der Waals surface area contributed by atoms with E-state index in [0.717, 1.165) is 23.8 Å². The number of carbonyl (C=O) groups is 1. The maximum absolute atomic E-state index is 13.1. The first-order chi connectivity index (χ1) is 11.1. The average molecular weight is 315 g/mol. The van der Waals surface area contributed by atoms with E-state index in [-0.39, 0.29) is 12.2 Å². The Bertz CT molecular complexity index is 831. The van der Waals surface area contributed by atoms with Crippen LogP contribution in [-0.2, 0) is 11.3 Å². The van der Waals surface area contributed by atoms with Gasteiger partial charge in [-0.05, 0) is 18.2 Å². The first kappa shape index (κ1) is 14.9. The van der Waals surface area contributed by atoms with Crippen molar-refractivity contribution in [1.82, 2.24) is 5.16 Å². The maximum atomic E-state index is 13.1. The molecule has 0 aliphatic rings. The van der Waals surface area contributed by atoms with E-state index < -0.39 is 17.6 Å². The lowest BCUT2D eigenvalue weighted by Crippen LogP contribution is -2.06. The fourth-order valence-corrected chi connectivity index (χ4v) is 1.96. The van der Waals surface area contributed by atoms with E-state index in [1.807, 2.05) is 30.3 Å². The molecule has 0 bridgehead atoms. The second-order valence-electron chi connectivity index (χ2n) is 4.75. The van der Waals surface area contributed by atoms with Crippen LogP contribution in [0.15, 0.2) is 59.1 Å². The van der Waals surface area contributed by atoms with Crippen molar-refractivity contribution in [3.8, 4) is 11.3 Å². The van der Waals surface area contributed by atoms with Crippen LogP contribution in [-0.4, -0.2) is 11.1 Å². The summed E-state index contributed by atoms with van der Waals surface area (Å²) in [5.41, 5.74) is 1.19. The topological polar surface area (TPSA) is 52.3 Å². The number of carbonyl (C=O) groups excluding carboxylic acids is 1. The van der Waals surface area contributed by atoms with Gasteiger partial charge >= 0.3 is 5.97 Å². The SMILES string of the molecule is O=C(OCc1cc(-c2ccccc2)on1)c1ccc(F)c(F)c1. The third-order valence-electron chi connectivity index (χ3n) is 3.12. The zero-order valence-electron chi connectivity index (χ0n) is 11.8. The molecular formula is C17H11F2NO3. The molecule has 4 nitrogen and oxygen atoms in total. The van der Waals surface area contributed by atoms with E-state index in [0.29, 0.717) is 11.5 Å². The predicted molar refractivity (Wildman–Crippen MR) is 77.4 cm³/mol. The van der Waals surface area contributed by atoms with Crippen LogP contribution < -0.4 is 0 Å². The molecule has 0 radical (unpaired) electrons. The van der Waals surface area contributed by atoms with E-state index in [9.17, 15) is 13.6 Å². The third kappa shape index (κ3) is 3.42. The van der Waals surface area contributed by atoms with E-state index in [2.05, 4.69) is 5.16 Å². The minimum Gasteiger partial charge on any atom is -0.455 e. The summed E-state index contributed by atoms with van der Waals surface area (Å²) in [5, 5.41) is 3.80. The highest BCUT2D eigenvalue weighted by atomic mass is 19.2. The molecule has 3 rings (SSSR count). The van der Waals surface area contributed by atoms with Crippen LogP contribution in [0.5, 0.6) is 0 Å². The lowest BCUT2D eigenvalue weighted by atomic mass is 10.2. The Hall–Kier alpha value is -3.02. The Balaban J connectivity index is 1.65. The third-order valence-corrected chi connectivity index (χ3v) is 3.12. The van der Waals surface area contributed by atoms with Crippen LogP contribution in [0.4, 0.5) is 8.78 Å². The number of benzene rings is 2. The highest BCUT2D eigenvalue weighted by Crippen LogP contribution is 2.20. The number of ether oxygens (including phenoxy) is 1. The van der Waals surface area contributed by atoms with Crippen molar-refractivity contribution in [2.24, 2.45) is 0 Å². The number of hydrogen-bond acceptors (Lipinski definition) is 4. The molecule has 3 aromatic rings. The minimum atomic E-state index is -1.10. The molecule has 116 valence electrons. The zero-order chi connectivity index (χ0) is 16.2. The summed E-state index contributed by atoms with van der Waals surface area (Å²) in [4.78, 5) is 11.8. The Kier molecular flexibility index (Phi) is 4.14. The van der Waals surface area contributed by atoms with Crippen molar-refractivity contribution >= 4 is 5.97 Å². The first-order valence-electron chi connectivity index (χ1n) is 6.76. The number of aromatic nitrogens is 1. The van der Waals surface area contributed by atoms with Crippen LogP contribution >= 0.6 is 0 Å². The van der Waals surface area contributed by atoms with Gasteiger partial charge in [-0.3, -0.25) is 0 Å². The second kappa shape index (κ2) is 6.39. The summed E-state index contributed by atoms with van der Waals surface area (Å²) in [6.07, 6.45) is 0. The molecule has 1 heterocycles. The van der Waals surface area contributed by atoms with Gasteiger partial charge in [0.1, 0.15) is 12.3 Å². The summed E-state index contributed by atoms with van der Waals surface area (Å²) in [6.45, 7) is -0.131. The number of rotatable bonds is 4. The fourth-order valence-electron chi connectivity index (χ4n) is 1.96. The summed E-state index contributed by atoms with van der Waals surface area (Å²) in [7, 11) is 0. The molecule has 2 aromatic carbocycles. The normalized spacial score (nSPS) is 10.5. The Morgan fingerprint density at radius 2 is 1.83 bits per heavy atom. The van der Waals surface area contributed by atoms with E-state index in [4.69, 9.17) is 9.26 Å². The summed E-state index contributed by atoms with van der Waals surface area (Å²) in [6, 6.07) is 13.8. The number of esters is 1. The molecule has 1 aromatic heterocycles. The van der Waals surface area contributed by atoms with Gasteiger partial charge in [0.05, 0.1) is 5.56 Å². The molecular weight excluding hydrogens is 304 g/mol. The average Bonchev–Trinajstić information content (AvgIpc) is 3.05. The van der Waals surface area contributed by atoms with Crippen molar-refractivity contribution in [2.45, 2.75) is 6.61 Å². The van der Waals surface area contributed by atoms with Gasteiger partial charge in [-0.1, -0.05) is 35.5 Å². The van der Waals surface area contributed by atoms with Gasteiger partial charge < -0.3 is 9.26 Å². The largest absolute Gasteiger partial charge is 0.455 e. The Morgan fingerprint density at radius 1 is 1.04 bits per heavy atom. The van der Waals surface area contributed by atoms with Crippen LogP contribution in [0.25, 0.3) is 11.3 Å². The summed E-state index contributed by atoms with van der Waals surface area (Å²) < 4.78 is 36.1. The van der Waals surface area contributed by atoms with Crippen molar-refractivity contribution in [1.29, 1.82) is 0 Å². The molecule has 0 N–H and O–H groups in total. The zero-order valence-corrected chi connectivity index (χ0v) is 11.8. The van der Waals surface area contributed by atoms with Gasteiger partial charge in [0.15, 0.2) is 17.4 Å². The smallest absolute Gasteiger partial charge is 0.338 e. The minimum absolute atomic E-state index is 0.0734. The van der Waals surface area contributed by atoms with Gasteiger partial charge in [-0.15, -0.1) is 0 Å². The quantitative estimate of drug-likeness (QED) is 0.683. The number of nitrogens with zero attached hydrogens (tertiary/aromatic N) is 1. The standard InChI is InChI=1S/C17H11F2NO3/c18-14-7-6-12(8-15(14)19)17(21)22-10-13-9-16(23-20-13)11-4-2-1-3-5-11/h1-9H,10H2.